The van der Waals surface area contributed by atoms with E-state index in [-0.39, 0.29) is 12.1 Å². The van der Waals surface area contributed by atoms with Gasteiger partial charge < -0.3 is 5.32 Å². The van der Waals surface area contributed by atoms with Gasteiger partial charge in [-0.1, -0.05) is 18.3 Å². The first kappa shape index (κ1) is 15.5. The van der Waals surface area contributed by atoms with Crippen molar-refractivity contribution in [3.05, 3.63) is 51.8 Å². The molecule has 120 valence electrons. The molecule has 0 bridgehead atoms. The maximum absolute atomic E-state index is 13.2. The largest absolute Gasteiger partial charge is 0.346 e. The van der Waals surface area contributed by atoms with E-state index in [1.54, 1.807) is 4.52 Å². The number of benzene rings is 1. The summed E-state index contributed by atoms with van der Waals surface area (Å²) >= 11 is 1.50. The third kappa shape index (κ3) is 2.94. The quantitative estimate of drug-likeness (QED) is 0.797. The Morgan fingerprint density at radius 1 is 1.35 bits per heavy atom. The third-order valence-electron chi connectivity index (χ3n) is 3.44. The minimum atomic E-state index is -1.05. The topological polar surface area (TPSA) is 59.3 Å². The van der Waals surface area contributed by atoms with Crippen molar-refractivity contribution < 1.29 is 13.6 Å². The van der Waals surface area contributed by atoms with Crippen LogP contribution in [-0.4, -0.2) is 20.5 Å². The molecular weight excluding hydrogens is 322 g/mol. The van der Waals surface area contributed by atoms with Crippen LogP contribution in [0.15, 0.2) is 18.2 Å². The van der Waals surface area contributed by atoms with E-state index in [9.17, 15) is 13.6 Å². The number of carbonyl (C=O) groups is 1. The van der Waals surface area contributed by atoms with Gasteiger partial charge in [0.15, 0.2) is 11.6 Å². The summed E-state index contributed by atoms with van der Waals surface area (Å²) in [4.78, 5) is 17.3. The highest BCUT2D eigenvalue weighted by atomic mass is 32.1. The molecule has 0 spiro atoms. The number of hydrogen-bond donors (Lipinski definition) is 1. The van der Waals surface area contributed by atoms with Crippen molar-refractivity contribution in [1.29, 1.82) is 0 Å². The molecule has 0 saturated heterocycles. The summed E-state index contributed by atoms with van der Waals surface area (Å²) in [6.07, 6.45) is 0.813. The first-order valence-electron chi connectivity index (χ1n) is 7.06. The molecular formula is C15H14F2N4OS. The van der Waals surface area contributed by atoms with Crippen molar-refractivity contribution in [2.24, 2.45) is 0 Å². The maximum atomic E-state index is 13.2. The average molecular weight is 336 g/mol. The highest BCUT2D eigenvalue weighted by Crippen LogP contribution is 2.19. The Bertz CT molecular complexity index is 887. The van der Waals surface area contributed by atoms with Crippen molar-refractivity contribution >= 4 is 22.2 Å². The van der Waals surface area contributed by atoms with E-state index in [2.05, 4.69) is 15.4 Å². The molecule has 8 heteroatoms. The second kappa shape index (κ2) is 6.04. The number of fused-ring (bicyclic) bond motifs is 1. The Morgan fingerprint density at radius 2 is 2.13 bits per heavy atom. The number of aromatic nitrogens is 3. The summed E-state index contributed by atoms with van der Waals surface area (Å²) in [6, 6.07) is 3.05. The standard InChI is InChI=1S/C15H14F2N4OS/c1-3-13-20-21-12(8(2)19-15(21)23-13)7-18-14(22)9-4-5-10(16)11(17)6-9/h4-6H,3,7H2,1-2H3,(H,18,22). The Morgan fingerprint density at radius 3 is 2.83 bits per heavy atom. The van der Waals surface area contributed by atoms with Gasteiger partial charge in [0.05, 0.1) is 17.9 Å². The molecule has 0 aliphatic heterocycles. The molecule has 2 aromatic heterocycles. The van der Waals surface area contributed by atoms with Gasteiger partial charge in [-0.05, 0) is 31.5 Å². The summed E-state index contributed by atoms with van der Waals surface area (Å²) in [5.74, 6) is -2.51. The smallest absolute Gasteiger partial charge is 0.251 e. The van der Waals surface area contributed by atoms with Gasteiger partial charge in [0.1, 0.15) is 5.01 Å². The van der Waals surface area contributed by atoms with Crippen molar-refractivity contribution in [2.45, 2.75) is 26.8 Å². The van der Waals surface area contributed by atoms with Gasteiger partial charge in [0.25, 0.3) is 5.91 Å². The van der Waals surface area contributed by atoms with Gasteiger partial charge in [0.2, 0.25) is 4.96 Å². The van der Waals surface area contributed by atoms with Crippen molar-refractivity contribution in [2.75, 3.05) is 0 Å². The fraction of sp³-hybridized carbons (Fsp3) is 0.267. The van der Waals surface area contributed by atoms with Crippen LogP contribution in [0.1, 0.15) is 33.7 Å². The summed E-state index contributed by atoms with van der Waals surface area (Å²) in [5, 5.41) is 8.08. The summed E-state index contributed by atoms with van der Waals surface area (Å²) in [6.45, 7) is 4.06. The van der Waals surface area contributed by atoms with Crippen LogP contribution >= 0.6 is 11.3 Å². The molecule has 2 heterocycles. The highest BCUT2D eigenvalue weighted by molar-refractivity contribution is 7.16. The van der Waals surface area contributed by atoms with Crippen LogP contribution in [0.3, 0.4) is 0 Å². The molecule has 5 nitrogen and oxygen atoms in total. The molecule has 0 aliphatic carbocycles. The second-order valence-electron chi connectivity index (χ2n) is 5.00. The molecule has 1 amide bonds. The number of imidazole rings is 1. The molecule has 3 aromatic rings. The molecule has 0 unspecified atom stereocenters. The Labute approximate surface area is 135 Å². The van der Waals surface area contributed by atoms with Gasteiger partial charge in [-0.2, -0.15) is 5.10 Å². The molecule has 23 heavy (non-hydrogen) atoms. The monoisotopic (exact) mass is 336 g/mol. The summed E-state index contributed by atoms with van der Waals surface area (Å²) in [5.41, 5.74) is 1.61. The highest BCUT2D eigenvalue weighted by Gasteiger charge is 2.15. The predicted molar refractivity (Wildman–Crippen MR) is 82.5 cm³/mol. The zero-order valence-corrected chi connectivity index (χ0v) is 13.4. The van der Waals surface area contributed by atoms with Crippen molar-refractivity contribution in [3.8, 4) is 0 Å². The Balaban J connectivity index is 1.79. The number of rotatable bonds is 4. The lowest BCUT2D eigenvalue weighted by Crippen LogP contribution is -2.24. The zero-order chi connectivity index (χ0) is 16.6. The first-order valence-corrected chi connectivity index (χ1v) is 7.88. The normalized spacial score (nSPS) is 11.1. The number of nitrogens with one attached hydrogen (secondary N) is 1. The SMILES string of the molecule is CCc1nn2c(CNC(=O)c3ccc(F)c(F)c3)c(C)nc2s1. The van der Waals surface area contributed by atoms with Crippen LogP contribution in [0.5, 0.6) is 0 Å². The molecule has 1 N–H and O–H groups in total. The van der Waals surface area contributed by atoms with E-state index in [1.165, 1.54) is 17.4 Å². The molecule has 3 rings (SSSR count). The van der Waals surface area contributed by atoms with Crippen molar-refractivity contribution in [1.82, 2.24) is 19.9 Å². The number of carbonyl (C=O) groups excluding carboxylic acids is 1. The lowest BCUT2D eigenvalue weighted by Gasteiger charge is -2.05. The molecule has 0 saturated carbocycles. The van der Waals surface area contributed by atoms with Crippen LogP contribution in [0.2, 0.25) is 0 Å². The number of hydrogen-bond acceptors (Lipinski definition) is 4. The summed E-state index contributed by atoms with van der Waals surface area (Å²) in [7, 11) is 0. The van der Waals surface area contributed by atoms with Gasteiger partial charge >= 0.3 is 0 Å². The van der Waals surface area contributed by atoms with E-state index in [4.69, 9.17) is 0 Å². The van der Waals surface area contributed by atoms with Gasteiger partial charge in [-0.25, -0.2) is 18.3 Å². The minimum Gasteiger partial charge on any atom is -0.346 e. The second-order valence-corrected chi connectivity index (χ2v) is 6.04. The van der Waals surface area contributed by atoms with Crippen LogP contribution in [0.25, 0.3) is 4.96 Å². The zero-order valence-electron chi connectivity index (χ0n) is 12.6. The number of amides is 1. The minimum absolute atomic E-state index is 0.0647. The Kier molecular flexibility index (Phi) is 4.08. The predicted octanol–water partition coefficient (Wildman–Crippen LogP) is 2.87. The van der Waals surface area contributed by atoms with E-state index < -0.39 is 17.5 Å². The number of nitrogens with zero attached hydrogens (tertiary/aromatic N) is 3. The lowest BCUT2D eigenvalue weighted by molar-refractivity contribution is 0.0949. The third-order valence-corrected chi connectivity index (χ3v) is 4.49. The van der Waals surface area contributed by atoms with Crippen LogP contribution in [0, 0.1) is 18.6 Å². The summed E-state index contributed by atoms with van der Waals surface area (Å²) < 4.78 is 27.8. The molecule has 0 atom stereocenters. The Hall–Kier alpha value is -2.35. The maximum Gasteiger partial charge on any atom is 0.251 e. The number of halogens is 2. The first-order chi connectivity index (χ1) is 11.0. The van der Waals surface area contributed by atoms with Gasteiger partial charge in [0, 0.05) is 5.56 Å². The van der Waals surface area contributed by atoms with E-state index in [1.807, 2.05) is 13.8 Å². The molecule has 0 fully saturated rings. The molecule has 1 aromatic carbocycles. The van der Waals surface area contributed by atoms with Gasteiger partial charge in [-0.3, -0.25) is 4.79 Å². The van der Waals surface area contributed by atoms with E-state index in [0.29, 0.717) is 0 Å². The fourth-order valence-electron chi connectivity index (χ4n) is 2.18. The average Bonchev–Trinajstić information content (AvgIpc) is 3.04. The fourth-order valence-corrected chi connectivity index (χ4v) is 3.08. The lowest BCUT2D eigenvalue weighted by atomic mass is 10.2. The van der Waals surface area contributed by atoms with Crippen LogP contribution in [0.4, 0.5) is 8.78 Å². The van der Waals surface area contributed by atoms with Gasteiger partial charge in [-0.15, -0.1) is 0 Å². The van der Waals surface area contributed by atoms with E-state index >= 15 is 0 Å². The van der Waals surface area contributed by atoms with Crippen LogP contribution < -0.4 is 5.32 Å². The molecule has 0 radical (unpaired) electrons. The van der Waals surface area contributed by atoms with Crippen LogP contribution in [-0.2, 0) is 13.0 Å². The van der Waals surface area contributed by atoms with E-state index in [0.717, 1.165) is 39.9 Å². The number of aryl methyl sites for hydroxylation is 2. The molecule has 0 aliphatic rings. The van der Waals surface area contributed by atoms with Crippen molar-refractivity contribution in [3.63, 3.8) is 0 Å².